The molecule has 0 saturated heterocycles. The van der Waals surface area contributed by atoms with Crippen LogP contribution in [-0.2, 0) is 13.6 Å². The van der Waals surface area contributed by atoms with Crippen LogP contribution in [0.1, 0.15) is 64.6 Å². The first-order valence-electron chi connectivity index (χ1n) is 9.06. The van der Waals surface area contributed by atoms with E-state index in [1.54, 1.807) is 11.0 Å². The molecule has 24 heavy (non-hydrogen) atoms. The van der Waals surface area contributed by atoms with Crippen LogP contribution in [0.4, 0.5) is 0 Å². The second kappa shape index (κ2) is 11.7. The number of nitrogens with zero attached hydrogens (tertiary/aromatic N) is 4. The molecule has 1 unspecified atom stereocenters. The van der Waals surface area contributed by atoms with E-state index in [0.29, 0.717) is 12.6 Å². The Bertz CT molecular complexity index is 481. The molecule has 6 nitrogen and oxygen atoms in total. The largest absolute Gasteiger partial charge is 0.357 e. The predicted octanol–water partition coefficient (Wildman–Crippen LogP) is 3.24. The van der Waals surface area contributed by atoms with Gasteiger partial charge in [-0.15, -0.1) is 24.0 Å². The lowest BCUT2D eigenvalue weighted by molar-refractivity contribution is 0.322. The van der Waals surface area contributed by atoms with E-state index in [1.165, 1.54) is 44.9 Å². The smallest absolute Gasteiger partial charge is 0.191 e. The van der Waals surface area contributed by atoms with Crippen LogP contribution in [0.25, 0.3) is 0 Å². The van der Waals surface area contributed by atoms with Crippen LogP contribution in [0.5, 0.6) is 0 Å². The molecule has 1 heterocycles. The molecule has 0 aromatic carbocycles. The van der Waals surface area contributed by atoms with E-state index >= 15 is 0 Å². The summed E-state index contributed by atoms with van der Waals surface area (Å²) in [7, 11) is 1.89. The summed E-state index contributed by atoms with van der Waals surface area (Å²) in [4.78, 5) is 8.84. The normalized spacial score (nSPS) is 17.2. The maximum atomic E-state index is 4.62. The Labute approximate surface area is 163 Å². The third-order valence-corrected chi connectivity index (χ3v) is 4.64. The minimum absolute atomic E-state index is 0. The number of hydrogen-bond donors (Lipinski definition) is 2. The number of aryl methyl sites for hydroxylation is 1. The highest BCUT2D eigenvalue weighted by Gasteiger charge is 2.15. The van der Waals surface area contributed by atoms with Gasteiger partial charge < -0.3 is 10.6 Å². The minimum atomic E-state index is 0. The minimum Gasteiger partial charge on any atom is -0.357 e. The van der Waals surface area contributed by atoms with Crippen LogP contribution in [-0.4, -0.2) is 33.3 Å². The van der Waals surface area contributed by atoms with Crippen molar-refractivity contribution < 1.29 is 0 Å². The van der Waals surface area contributed by atoms with Crippen molar-refractivity contribution >= 4 is 29.9 Å². The average molecular weight is 448 g/mol. The predicted molar refractivity (Wildman–Crippen MR) is 110 cm³/mol. The molecule has 1 aliphatic rings. The van der Waals surface area contributed by atoms with E-state index in [-0.39, 0.29) is 24.0 Å². The Kier molecular flexibility index (Phi) is 10.3. The number of halogens is 1. The topological polar surface area (TPSA) is 67.1 Å². The summed E-state index contributed by atoms with van der Waals surface area (Å²) in [5.41, 5.74) is 0. The molecule has 1 aliphatic carbocycles. The maximum Gasteiger partial charge on any atom is 0.191 e. The number of hydrogen-bond acceptors (Lipinski definition) is 3. The van der Waals surface area contributed by atoms with Gasteiger partial charge in [0.25, 0.3) is 0 Å². The number of aromatic nitrogens is 3. The molecule has 1 aromatic heterocycles. The summed E-state index contributed by atoms with van der Waals surface area (Å²) in [5.74, 6) is 2.68. The number of rotatable bonds is 7. The molecule has 1 fully saturated rings. The maximum absolute atomic E-state index is 4.62. The summed E-state index contributed by atoms with van der Waals surface area (Å²) in [6, 6.07) is 0.439. The van der Waals surface area contributed by atoms with E-state index in [0.717, 1.165) is 24.2 Å². The van der Waals surface area contributed by atoms with Gasteiger partial charge in [0.1, 0.15) is 18.7 Å². The van der Waals surface area contributed by atoms with Crippen LogP contribution in [0.3, 0.4) is 0 Å². The zero-order valence-electron chi connectivity index (χ0n) is 15.3. The number of aliphatic imine (C=N–C) groups is 1. The fourth-order valence-electron chi connectivity index (χ4n) is 3.20. The Morgan fingerprint density at radius 2 is 2.12 bits per heavy atom. The number of guanidine groups is 1. The third-order valence-electron chi connectivity index (χ3n) is 4.64. The first-order valence-corrected chi connectivity index (χ1v) is 9.06. The zero-order valence-corrected chi connectivity index (χ0v) is 17.6. The lowest BCUT2D eigenvalue weighted by Gasteiger charge is -2.24. The molecule has 1 saturated carbocycles. The second-order valence-corrected chi connectivity index (χ2v) is 6.62. The van der Waals surface area contributed by atoms with Gasteiger partial charge in [-0.3, -0.25) is 4.68 Å². The lowest BCUT2D eigenvalue weighted by Crippen LogP contribution is -2.42. The molecule has 2 rings (SSSR count). The van der Waals surface area contributed by atoms with Crippen LogP contribution in [0, 0.1) is 5.92 Å². The molecular weight excluding hydrogens is 415 g/mol. The van der Waals surface area contributed by atoms with Crippen molar-refractivity contribution in [3.8, 4) is 0 Å². The average Bonchev–Trinajstić information content (AvgIpc) is 2.97. The molecule has 0 bridgehead atoms. The monoisotopic (exact) mass is 448 g/mol. The highest BCUT2D eigenvalue weighted by atomic mass is 127. The highest BCUT2D eigenvalue weighted by molar-refractivity contribution is 14.0. The van der Waals surface area contributed by atoms with Gasteiger partial charge in [0.2, 0.25) is 0 Å². The van der Waals surface area contributed by atoms with E-state index in [9.17, 15) is 0 Å². The first kappa shape index (κ1) is 21.2. The standard InChI is InChI=1S/C17H32N6.HI/c1-4-18-17(19-12-16-20-13-21-23(16)3)22-14(2)10-11-15-8-6-5-7-9-15;/h13-15H,4-12H2,1-3H3,(H2,18,19,22);1H. The van der Waals surface area contributed by atoms with Gasteiger partial charge in [-0.25, -0.2) is 9.98 Å². The summed E-state index contributed by atoms with van der Waals surface area (Å²) in [5, 5.41) is 10.9. The van der Waals surface area contributed by atoms with Gasteiger partial charge in [0.15, 0.2) is 5.96 Å². The molecule has 0 amide bonds. The summed E-state index contributed by atoms with van der Waals surface area (Å²) < 4.78 is 1.76. The zero-order chi connectivity index (χ0) is 16.5. The second-order valence-electron chi connectivity index (χ2n) is 6.62. The van der Waals surface area contributed by atoms with Gasteiger partial charge in [-0.1, -0.05) is 32.1 Å². The fourth-order valence-corrected chi connectivity index (χ4v) is 3.20. The Balaban J connectivity index is 0.00000288. The molecular formula is C17H33IN6. The van der Waals surface area contributed by atoms with Crippen molar-refractivity contribution in [3.63, 3.8) is 0 Å². The van der Waals surface area contributed by atoms with Crippen LogP contribution in [0.2, 0.25) is 0 Å². The quantitative estimate of drug-likeness (QED) is 0.382. The van der Waals surface area contributed by atoms with Gasteiger partial charge in [0, 0.05) is 19.6 Å². The molecule has 1 aromatic rings. The van der Waals surface area contributed by atoms with Crippen molar-refractivity contribution in [2.75, 3.05) is 6.54 Å². The Hall–Kier alpha value is -0.860. The first-order chi connectivity index (χ1) is 11.2. The van der Waals surface area contributed by atoms with Crippen molar-refractivity contribution in [2.45, 2.75) is 71.4 Å². The van der Waals surface area contributed by atoms with Gasteiger partial charge >= 0.3 is 0 Å². The SMILES string of the molecule is CCNC(=NCc1ncnn1C)NC(C)CCC1CCCCC1.I. The van der Waals surface area contributed by atoms with E-state index < -0.39 is 0 Å². The van der Waals surface area contributed by atoms with Gasteiger partial charge in [-0.2, -0.15) is 5.10 Å². The van der Waals surface area contributed by atoms with Crippen LogP contribution < -0.4 is 10.6 Å². The van der Waals surface area contributed by atoms with Crippen LogP contribution in [0.15, 0.2) is 11.3 Å². The van der Waals surface area contributed by atoms with E-state index in [2.05, 4.69) is 39.6 Å². The van der Waals surface area contributed by atoms with Crippen molar-refractivity contribution in [1.29, 1.82) is 0 Å². The molecule has 0 aliphatic heterocycles. The van der Waals surface area contributed by atoms with Crippen molar-refractivity contribution in [2.24, 2.45) is 18.0 Å². The lowest BCUT2D eigenvalue weighted by atomic mass is 9.85. The molecule has 7 heteroatoms. The summed E-state index contributed by atoms with van der Waals surface area (Å²) in [6.07, 6.45) is 11.2. The molecule has 138 valence electrons. The molecule has 2 N–H and O–H groups in total. The molecule has 1 atom stereocenters. The highest BCUT2D eigenvalue weighted by Crippen LogP contribution is 2.27. The van der Waals surface area contributed by atoms with Crippen molar-refractivity contribution in [3.05, 3.63) is 12.2 Å². The van der Waals surface area contributed by atoms with Crippen LogP contribution >= 0.6 is 24.0 Å². The van der Waals surface area contributed by atoms with Crippen molar-refractivity contribution in [1.82, 2.24) is 25.4 Å². The van der Waals surface area contributed by atoms with Gasteiger partial charge in [-0.05, 0) is 32.6 Å². The summed E-state index contributed by atoms with van der Waals surface area (Å²) >= 11 is 0. The van der Waals surface area contributed by atoms with E-state index in [4.69, 9.17) is 0 Å². The summed E-state index contributed by atoms with van der Waals surface area (Å²) in [6.45, 7) is 5.74. The number of nitrogens with one attached hydrogen (secondary N) is 2. The van der Waals surface area contributed by atoms with Gasteiger partial charge in [0.05, 0.1) is 0 Å². The van der Waals surface area contributed by atoms with E-state index in [1.807, 2.05) is 7.05 Å². The third kappa shape index (κ3) is 7.36. The molecule has 0 spiro atoms. The Morgan fingerprint density at radius 3 is 2.75 bits per heavy atom. The fraction of sp³-hybridized carbons (Fsp3) is 0.824. The Morgan fingerprint density at radius 1 is 1.38 bits per heavy atom. The molecule has 0 radical (unpaired) electrons.